The number of nitrogens with zero attached hydrogens (tertiary/aromatic N) is 2. The molecule has 0 saturated heterocycles. The Bertz CT molecular complexity index is 326. The molecule has 0 aliphatic rings. The Hall–Kier alpha value is -0.910. The minimum absolute atomic E-state index is 0.660. The van der Waals surface area contributed by atoms with Crippen molar-refractivity contribution in [2.45, 2.75) is 33.4 Å². The summed E-state index contributed by atoms with van der Waals surface area (Å²) in [5.41, 5.74) is 0. The van der Waals surface area contributed by atoms with Crippen LogP contribution < -0.4 is 5.32 Å². The van der Waals surface area contributed by atoms with Crippen molar-refractivity contribution in [3.8, 4) is 0 Å². The van der Waals surface area contributed by atoms with Gasteiger partial charge in [0.05, 0.1) is 13.2 Å². The molecule has 0 fully saturated rings. The molecule has 1 N–H and O–H groups in total. The summed E-state index contributed by atoms with van der Waals surface area (Å²) in [7, 11) is 1.71. The second kappa shape index (κ2) is 9.95. The number of rotatable bonds is 11. The van der Waals surface area contributed by atoms with Gasteiger partial charge < -0.3 is 19.4 Å². The van der Waals surface area contributed by atoms with E-state index < -0.39 is 0 Å². The van der Waals surface area contributed by atoms with Crippen molar-refractivity contribution in [3.05, 3.63) is 18.2 Å². The lowest BCUT2D eigenvalue weighted by Crippen LogP contribution is -2.22. The summed E-state index contributed by atoms with van der Waals surface area (Å²) < 4.78 is 12.7. The lowest BCUT2D eigenvalue weighted by atomic mass is 10.2. The van der Waals surface area contributed by atoms with Gasteiger partial charge in [-0.25, -0.2) is 4.98 Å². The Morgan fingerprint density at radius 1 is 1.32 bits per heavy atom. The quantitative estimate of drug-likeness (QED) is 0.621. The highest BCUT2D eigenvalue weighted by Gasteiger charge is 2.02. The number of nitrogens with one attached hydrogen (secondary N) is 1. The molecular weight excluding hydrogens is 242 g/mol. The molecule has 0 radical (unpaired) electrons. The molecule has 0 bridgehead atoms. The lowest BCUT2D eigenvalue weighted by molar-refractivity contribution is 0.0972. The van der Waals surface area contributed by atoms with Crippen LogP contribution in [0.2, 0.25) is 0 Å². The smallest absolute Gasteiger partial charge is 0.122 e. The van der Waals surface area contributed by atoms with Gasteiger partial charge >= 0.3 is 0 Å². The maximum atomic E-state index is 5.56. The van der Waals surface area contributed by atoms with E-state index in [4.69, 9.17) is 9.47 Å². The van der Waals surface area contributed by atoms with Crippen molar-refractivity contribution in [3.63, 3.8) is 0 Å². The second-order valence-electron chi connectivity index (χ2n) is 5.02. The van der Waals surface area contributed by atoms with Crippen molar-refractivity contribution < 1.29 is 9.47 Å². The molecule has 0 aliphatic heterocycles. The van der Waals surface area contributed by atoms with Crippen molar-refractivity contribution in [2.24, 2.45) is 5.92 Å². The number of ether oxygens (including phenoxy) is 2. The highest BCUT2D eigenvalue weighted by atomic mass is 16.5. The first kappa shape index (κ1) is 16.1. The van der Waals surface area contributed by atoms with Gasteiger partial charge in [0.1, 0.15) is 5.82 Å². The highest BCUT2D eigenvalue weighted by Crippen LogP contribution is 1.99. The van der Waals surface area contributed by atoms with E-state index in [0.717, 1.165) is 51.7 Å². The van der Waals surface area contributed by atoms with E-state index in [2.05, 4.69) is 28.7 Å². The fraction of sp³-hybridized carbons (Fsp3) is 0.786. The normalized spacial score (nSPS) is 11.4. The Kier molecular flexibility index (Phi) is 8.45. The van der Waals surface area contributed by atoms with Gasteiger partial charge in [0.15, 0.2) is 0 Å². The first-order valence-corrected chi connectivity index (χ1v) is 7.01. The summed E-state index contributed by atoms with van der Waals surface area (Å²) in [6.07, 6.45) is 4.80. The molecule has 5 heteroatoms. The van der Waals surface area contributed by atoms with Gasteiger partial charge in [0, 0.05) is 39.3 Å². The average molecular weight is 269 g/mol. The van der Waals surface area contributed by atoms with Gasteiger partial charge in [-0.3, -0.25) is 0 Å². The topological polar surface area (TPSA) is 48.3 Å². The summed E-state index contributed by atoms with van der Waals surface area (Å²) >= 11 is 0. The molecule has 1 aromatic heterocycles. The molecule has 0 spiro atoms. The van der Waals surface area contributed by atoms with Crippen LogP contribution in [0, 0.1) is 5.92 Å². The van der Waals surface area contributed by atoms with E-state index in [1.807, 2.05) is 12.4 Å². The summed E-state index contributed by atoms with van der Waals surface area (Å²) in [4.78, 5) is 4.37. The van der Waals surface area contributed by atoms with Gasteiger partial charge in [-0.05, 0) is 18.9 Å². The van der Waals surface area contributed by atoms with Crippen LogP contribution in [-0.2, 0) is 22.6 Å². The molecule has 5 nitrogen and oxygen atoms in total. The number of methoxy groups -OCH3 is 1. The number of hydrogen-bond acceptors (Lipinski definition) is 4. The fourth-order valence-electron chi connectivity index (χ4n) is 1.75. The summed E-state index contributed by atoms with van der Waals surface area (Å²) in [5, 5.41) is 3.41. The van der Waals surface area contributed by atoms with E-state index in [9.17, 15) is 0 Å². The van der Waals surface area contributed by atoms with Gasteiger partial charge in [-0.15, -0.1) is 0 Å². The molecule has 1 aromatic rings. The Morgan fingerprint density at radius 3 is 2.89 bits per heavy atom. The van der Waals surface area contributed by atoms with Crippen molar-refractivity contribution in [1.29, 1.82) is 0 Å². The SMILES string of the molecule is COCCCOCCn1ccnc1CNCC(C)C. The zero-order chi connectivity index (χ0) is 13.9. The number of imidazole rings is 1. The molecule has 0 saturated carbocycles. The molecule has 1 heterocycles. The average Bonchev–Trinajstić information content (AvgIpc) is 2.81. The molecule has 1 rings (SSSR count). The summed E-state index contributed by atoms with van der Waals surface area (Å²) in [6, 6.07) is 0. The van der Waals surface area contributed by atoms with Crippen LogP contribution in [0.4, 0.5) is 0 Å². The zero-order valence-corrected chi connectivity index (χ0v) is 12.4. The predicted molar refractivity (Wildman–Crippen MR) is 76.1 cm³/mol. The molecule has 0 atom stereocenters. The monoisotopic (exact) mass is 269 g/mol. The maximum Gasteiger partial charge on any atom is 0.122 e. The van der Waals surface area contributed by atoms with Gasteiger partial charge in [-0.2, -0.15) is 0 Å². The second-order valence-corrected chi connectivity index (χ2v) is 5.02. The van der Waals surface area contributed by atoms with Crippen LogP contribution >= 0.6 is 0 Å². The van der Waals surface area contributed by atoms with Crippen LogP contribution in [0.15, 0.2) is 12.4 Å². The Labute approximate surface area is 116 Å². The molecule has 110 valence electrons. The Balaban J connectivity index is 2.17. The van der Waals surface area contributed by atoms with E-state index in [1.165, 1.54) is 0 Å². The van der Waals surface area contributed by atoms with Crippen molar-refractivity contribution in [1.82, 2.24) is 14.9 Å². The third-order valence-electron chi connectivity index (χ3n) is 2.75. The summed E-state index contributed by atoms with van der Waals surface area (Å²) in [5.74, 6) is 1.73. The molecule has 0 amide bonds. The van der Waals surface area contributed by atoms with Crippen LogP contribution in [0.5, 0.6) is 0 Å². The van der Waals surface area contributed by atoms with Crippen molar-refractivity contribution >= 4 is 0 Å². The first-order valence-electron chi connectivity index (χ1n) is 7.01. The molecule has 19 heavy (non-hydrogen) atoms. The Morgan fingerprint density at radius 2 is 2.16 bits per heavy atom. The van der Waals surface area contributed by atoms with Crippen LogP contribution in [0.25, 0.3) is 0 Å². The van der Waals surface area contributed by atoms with Gasteiger partial charge in [0.2, 0.25) is 0 Å². The predicted octanol–water partition coefficient (Wildman–Crippen LogP) is 1.68. The molecular formula is C14H27N3O2. The van der Waals surface area contributed by atoms with Gasteiger partial charge in [-0.1, -0.05) is 13.8 Å². The largest absolute Gasteiger partial charge is 0.385 e. The minimum atomic E-state index is 0.660. The van der Waals surface area contributed by atoms with Crippen LogP contribution in [0.3, 0.4) is 0 Å². The highest BCUT2D eigenvalue weighted by molar-refractivity contribution is 4.91. The lowest BCUT2D eigenvalue weighted by Gasteiger charge is -2.10. The van der Waals surface area contributed by atoms with E-state index in [1.54, 1.807) is 7.11 Å². The standard InChI is InChI=1S/C14H27N3O2/c1-13(2)11-15-12-14-16-5-6-17(14)7-10-19-9-4-8-18-3/h5-6,13,15H,4,7-12H2,1-3H3. The molecule has 0 aromatic carbocycles. The van der Waals surface area contributed by atoms with Crippen LogP contribution in [0.1, 0.15) is 26.1 Å². The first-order chi connectivity index (χ1) is 9.24. The van der Waals surface area contributed by atoms with Crippen molar-refractivity contribution in [2.75, 3.05) is 33.5 Å². The third-order valence-corrected chi connectivity index (χ3v) is 2.75. The maximum absolute atomic E-state index is 5.56. The van der Waals surface area contributed by atoms with E-state index in [0.29, 0.717) is 5.92 Å². The van der Waals surface area contributed by atoms with E-state index in [-0.39, 0.29) is 0 Å². The van der Waals surface area contributed by atoms with Gasteiger partial charge in [0.25, 0.3) is 0 Å². The summed E-state index contributed by atoms with van der Waals surface area (Å²) in [6.45, 7) is 9.32. The number of aromatic nitrogens is 2. The number of hydrogen-bond donors (Lipinski definition) is 1. The third kappa shape index (κ3) is 7.30. The zero-order valence-electron chi connectivity index (χ0n) is 12.4. The minimum Gasteiger partial charge on any atom is -0.385 e. The molecule has 0 aliphatic carbocycles. The fourth-order valence-corrected chi connectivity index (χ4v) is 1.75. The molecule has 0 unspecified atom stereocenters. The van der Waals surface area contributed by atoms with E-state index >= 15 is 0 Å². The van der Waals surface area contributed by atoms with Crippen LogP contribution in [-0.4, -0.2) is 43.0 Å².